The molecule has 0 aliphatic rings. The van der Waals surface area contributed by atoms with E-state index in [1.54, 1.807) is 6.07 Å². The van der Waals surface area contributed by atoms with Gasteiger partial charge in [-0.05, 0) is 43.3 Å². The van der Waals surface area contributed by atoms with Crippen LogP contribution in [-0.4, -0.2) is 4.98 Å². The summed E-state index contributed by atoms with van der Waals surface area (Å²) in [5, 5.41) is 4.09. The maximum Gasteiger partial charge on any atom is 0.124 e. The minimum atomic E-state index is -0.255. The molecule has 0 aliphatic carbocycles. The summed E-state index contributed by atoms with van der Waals surface area (Å²) < 4.78 is 13.4. The van der Waals surface area contributed by atoms with Gasteiger partial charge in [-0.1, -0.05) is 18.2 Å². The van der Waals surface area contributed by atoms with Gasteiger partial charge >= 0.3 is 0 Å². The number of nitrogens with one attached hydrogen (secondary N) is 1. The van der Waals surface area contributed by atoms with Crippen molar-refractivity contribution in [3.63, 3.8) is 0 Å². The maximum absolute atomic E-state index is 13.4. The normalized spacial score (nSPS) is 10.6. The molecule has 1 heterocycles. The Kier molecular flexibility index (Phi) is 2.88. The summed E-state index contributed by atoms with van der Waals surface area (Å²) in [5.41, 5.74) is 3.53. The molecule has 0 unspecified atom stereocenters. The van der Waals surface area contributed by atoms with Crippen molar-refractivity contribution in [3.8, 4) is 0 Å². The van der Waals surface area contributed by atoms with Gasteiger partial charge in [-0.2, -0.15) is 0 Å². The predicted octanol–water partition coefficient (Wildman–Crippen LogP) is 4.43. The van der Waals surface area contributed by atoms with E-state index in [-0.39, 0.29) is 5.82 Å². The summed E-state index contributed by atoms with van der Waals surface area (Å²) in [6, 6.07) is 16.4. The first-order chi connectivity index (χ1) is 9.22. The van der Waals surface area contributed by atoms with Crippen molar-refractivity contribution in [2.45, 2.75) is 6.92 Å². The van der Waals surface area contributed by atoms with E-state index in [0.717, 1.165) is 28.0 Å². The Balaban J connectivity index is 2.14. The average Bonchev–Trinajstić information content (AvgIpc) is 2.41. The number of para-hydroxylation sites is 1. The van der Waals surface area contributed by atoms with Gasteiger partial charge in [0.15, 0.2) is 0 Å². The van der Waals surface area contributed by atoms with E-state index in [0.29, 0.717) is 0 Å². The highest BCUT2D eigenvalue weighted by atomic mass is 19.1. The van der Waals surface area contributed by atoms with Crippen LogP contribution in [0.4, 0.5) is 15.8 Å². The molecule has 94 valence electrons. The number of halogens is 1. The van der Waals surface area contributed by atoms with Crippen LogP contribution in [-0.2, 0) is 0 Å². The van der Waals surface area contributed by atoms with E-state index in [1.807, 2.05) is 43.3 Å². The van der Waals surface area contributed by atoms with Gasteiger partial charge in [0.2, 0.25) is 0 Å². The Labute approximate surface area is 110 Å². The first-order valence-corrected chi connectivity index (χ1v) is 6.11. The summed E-state index contributed by atoms with van der Waals surface area (Å²) >= 11 is 0. The van der Waals surface area contributed by atoms with Gasteiger partial charge in [0.1, 0.15) is 5.82 Å². The topological polar surface area (TPSA) is 24.9 Å². The molecule has 0 fully saturated rings. The monoisotopic (exact) mass is 252 g/mol. The summed E-state index contributed by atoms with van der Waals surface area (Å²) in [4.78, 5) is 4.41. The van der Waals surface area contributed by atoms with E-state index in [4.69, 9.17) is 0 Å². The van der Waals surface area contributed by atoms with Gasteiger partial charge in [0, 0.05) is 22.5 Å². The fraction of sp³-hybridized carbons (Fsp3) is 0.0625. The first kappa shape index (κ1) is 11.7. The number of aromatic nitrogens is 1. The fourth-order valence-electron chi connectivity index (χ4n) is 2.11. The molecule has 0 amide bonds. The molecule has 3 heteroatoms. The van der Waals surface area contributed by atoms with Gasteiger partial charge in [0.05, 0.1) is 5.52 Å². The number of nitrogens with zero attached hydrogens (tertiary/aromatic N) is 1. The van der Waals surface area contributed by atoms with E-state index in [9.17, 15) is 4.39 Å². The van der Waals surface area contributed by atoms with E-state index >= 15 is 0 Å². The molecule has 0 saturated carbocycles. The average molecular weight is 252 g/mol. The summed E-state index contributed by atoms with van der Waals surface area (Å²) in [6.45, 7) is 1.93. The lowest BCUT2D eigenvalue weighted by molar-refractivity contribution is 0.629. The lowest BCUT2D eigenvalue weighted by Gasteiger charge is -2.10. The highest BCUT2D eigenvalue weighted by Gasteiger charge is 2.05. The highest BCUT2D eigenvalue weighted by molar-refractivity contribution is 5.93. The van der Waals surface area contributed by atoms with Crippen molar-refractivity contribution < 1.29 is 4.39 Å². The fourth-order valence-corrected chi connectivity index (χ4v) is 2.11. The highest BCUT2D eigenvalue weighted by Crippen LogP contribution is 2.26. The number of pyridine rings is 1. The van der Waals surface area contributed by atoms with Crippen LogP contribution >= 0.6 is 0 Å². The van der Waals surface area contributed by atoms with Crippen LogP contribution in [0.25, 0.3) is 10.9 Å². The van der Waals surface area contributed by atoms with Crippen LogP contribution in [0.5, 0.6) is 0 Å². The Morgan fingerprint density at radius 1 is 1.00 bits per heavy atom. The maximum atomic E-state index is 13.4. The molecule has 2 aromatic carbocycles. The second-order valence-electron chi connectivity index (χ2n) is 4.46. The third-order valence-electron chi connectivity index (χ3n) is 2.95. The van der Waals surface area contributed by atoms with Gasteiger partial charge in [-0.3, -0.25) is 4.98 Å². The van der Waals surface area contributed by atoms with Crippen molar-refractivity contribution in [3.05, 3.63) is 66.1 Å². The molecule has 0 bridgehead atoms. The van der Waals surface area contributed by atoms with E-state index in [1.165, 1.54) is 12.1 Å². The molecule has 2 nitrogen and oxygen atoms in total. The van der Waals surface area contributed by atoms with Gasteiger partial charge in [-0.15, -0.1) is 0 Å². The largest absolute Gasteiger partial charge is 0.355 e. The van der Waals surface area contributed by atoms with Gasteiger partial charge in [0.25, 0.3) is 0 Å². The molecular weight excluding hydrogens is 239 g/mol. The van der Waals surface area contributed by atoms with Crippen LogP contribution in [0.1, 0.15) is 5.69 Å². The van der Waals surface area contributed by atoms with Crippen molar-refractivity contribution in [2.75, 3.05) is 5.32 Å². The lowest BCUT2D eigenvalue weighted by Crippen LogP contribution is -1.95. The SMILES string of the molecule is Cc1cc(Nc2ccccc2)c2cc(F)ccc2n1. The number of fused-ring (bicyclic) bond motifs is 1. The zero-order valence-electron chi connectivity index (χ0n) is 10.5. The molecule has 3 aromatic rings. The molecule has 0 aliphatic heterocycles. The van der Waals surface area contributed by atoms with Crippen LogP contribution in [0.15, 0.2) is 54.6 Å². The summed E-state index contributed by atoms with van der Waals surface area (Å²) in [7, 11) is 0. The van der Waals surface area contributed by atoms with Crippen molar-refractivity contribution >= 4 is 22.3 Å². The Bertz CT molecular complexity index is 723. The Morgan fingerprint density at radius 3 is 2.58 bits per heavy atom. The quantitative estimate of drug-likeness (QED) is 0.730. The summed E-state index contributed by atoms with van der Waals surface area (Å²) in [5.74, 6) is -0.255. The van der Waals surface area contributed by atoms with Crippen molar-refractivity contribution in [1.29, 1.82) is 0 Å². The molecule has 0 spiro atoms. The van der Waals surface area contributed by atoms with E-state index in [2.05, 4.69) is 10.3 Å². The molecule has 3 rings (SSSR count). The number of hydrogen-bond donors (Lipinski definition) is 1. The molecule has 1 N–H and O–H groups in total. The van der Waals surface area contributed by atoms with Crippen LogP contribution < -0.4 is 5.32 Å². The Hall–Kier alpha value is -2.42. The first-order valence-electron chi connectivity index (χ1n) is 6.11. The van der Waals surface area contributed by atoms with Crippen molar-refractivity contribution in [1.82, 2.24) is 4.98 Å². The van der Waals surface area contributed by atoms with Gasteiger partial charge in [-0.25, -0.2) is 4.39 Å². The molecule has 0 atom stereocenters. The standard InChI is InChI=1S/C16H13FN2/c1-11-9-16(19-13-5-3-2-4-6-13)14-10-12(17)7-8-15(14)18-11/h2-10H,1H3,(H,18,19). The number of aryl methyl sites for hydroxylation is 1. The van der Waals surface area contributed by atoms with Crippen LogP contribution in [0.3, 0.4) is 0 Å². The smallest absolute Gasteiger partial charge is 0.124 e. The second kappa shape index (κ2) is 4.69. The minimum Gasteiger partial charge on any atom is -0.355 e. The third kappa shape index (κ3) is 2.40. The zero-order valence-corrected chi connectivity index (χ0v) is 10.5. The minimum absolute atomic E-state index is 0.255. The Morgan fingerprint density at radius 2 is 1.79 bits per heavy atom. The number of hydrogen-bond acceptors (Lipinski definition) is 2. The zero-order chi connectivity index (χ0) is 13.2. The van der Waals surface area contributed by atoms with Crippen molar-refractivity contribution in [2.24, 2.45) is 0 Å². The van der Waals surface area contributed by atoms with Gasteiger partial charge < -0.3 is 5.32 Å². The molecular formula is C16H13FN2. The number of rotatable bonds is 2. The lowest BCUT2D eigenvalue weighted by atomic mass is 10.1. The van der Waals surface area contributed by atoms with E-state index < -0.39 is 0 Å². The molecule has 1 aromatic heterocycles. The molecule has 0 saturated heterocycles. The van der Waals surface area contributed by atoms with Crippen LogP contribution in [0.2, 0.25) is 0 Å². The number of anilines is 2. The predicted molar refractivity (Wildman–Crippen MR) is 76.2 cm³/mol. The van der Waals surface area contributed by atoms with Crippen LogP contribution in [0, 0.1) is 12.7 Å². The molecule has 0 radical (unpaired) electrons. The second-order valence-corrected chi connectivity index (χ2v) is 4.46. The molecule has 19 heavy (non-hydrogen) atoms. The third-order valence-corrected chi connectivity index (χ3v) is 2.95. The summed E-state index contributed by atoms with van der Waals surface area (Å²) in [6.07, 6.45) is 0. The number of benzene rings is 2.